The molecule has 0 aliphatic rings. The fourth-order valence-corrected chi connectivity index (χ4v) is 1.46. The summed E-state index contributed by atoms with van der Waals surface area (Å²) in [4.78, 5) is 17.3. The summed E-state index contributed by atoms with van der Waals surface area (Å²) in [6, 6.07) is 3.21. The van der Waals surface area contributed by atoms with Gasteiger partial charge < -0.3 is 4.98 Å². The van der Waals surface area contributed by atoms with Crippen LogP contribution in [-0.2, 0) is 6.18 Å². The fraction of sp³-hybridized carbons (Fsp3) is 0.0909. The molecule has 0 saturated heterocycles. The number of pyridine rings is 2. The van der Waals surface area contributed by atoms with Crippen molar-refractivity contribution in [2.45, 2.75) is 6.18 Å². The summed E-state index contributed by atoms with van der Waals surface area (Å²) in [6.07, 6.45) is -1.04. The van der Waals surface area contributed by atoms with Crippen LogP contribution in [-0.4, -0.2) is 9.97 Å². The van der Waals surface area contributed by atoms with Crippen LogP contribution in [0, 0.1) is 0 Å². The molecule has 1 N–H and O–H groups in total. The number of nitrogens with zero attached hydrogens (tertiary/aromatic N) is 1. The van der Waals surface area contributed by atoms with E-state index >= 15 is 0 Å². The third kappa shape index (κ3) is 2.35. The van der Waals surface area contributed by atoms with Gasteiger partial charge in [-0.1, -0.05) is 0 Å². The molecule has 0 atom stereocenters. The molecular weight excluding hydrogens is 233 g/mol. The summed E-state index contributed by atoms with van der Waals surface area (Å²) in [5.41, 5.74) is -1.24. The summed E-state index contributed by atoms with van der Waals surface area (Å²) in [7, 11) is 0. The monoisotopic (exact) mass is 240 g/mol. The molecule has 0 fully saturated rings. The van der Waals surface area contributed by atoms with Gasteiger partial charge in [-0.15, -0.1) is 0 Å². The SMILES string of the molecule is O=c1cc[nH]c(-c2cnccc2C(F)(F)F)c1. The van der Waals surface area contributed by atoms with Crippen molar-refractivity contribution in [2.24, 2.45) is 0 Å². The van der Waals surface area contributed by atoms with E-state index in [2.05, 4.69) is 9.97 Å². The molecule has 0 bridgehead atoms. The van der Waals surface area contributed by atoms with Crippen molar-refractivity contribution in [2.75, 3.05) is 0 Å². The molecule has 0 spiro atoms. The first kappa shape index (κ1) is 11.4. The highest BCUT2D eigenvalue weighted by Crippen LogP contribution is 2.35. The van der Waals surface area contributed by atoms with Crippen molar-refractivity contribution in [1.29, 1.82) is 0 Å². The van der Waals surface area contributed by atoms with Crippen LogP contribution in [0.25, 0.3) is 11.3 Å². The smallest absolute Gasteiger partial charge is 0.361 e. The molecule has 0 amide bonds. The highest BCUT2D eigenvalue weighted by atomic mass is 19.4. The standard InChI is InChI=1S/C11H7F3N2O/c12-11(13,14)9-2-3-15-6-8(9)10-5-7(17)1-4-16-10/h1-6H,(H,16,17). The maximum Gasteiger partial charge on any atom is 0.417 e. The Hall–Kier alpha value is -2.11. The summed E-state index contributed by atoms with van der Waals surface area (Å²) in [6.45, 7) is 0. The molecule has 6 heteroatoms. The second-order valence-electron chi connectivity index (χ2n) is 3.36. The number of hydrogen-bond donors (Lipinski definition) is 1. The number of aromatic amines is 1. The van der Waals surface area contributed by atoms with Crippen LogP contribution in [0.4, 0.5) is 13.2 Å². The lowest BCUT2D eigenvalue weighted by molar-refractivity contribution is -0.137. The molecule has 0 aliphatic heterocycles. The zero-order valence-corrected chi connectivity index (χ0v) is 8.45. The molecule has 3 nitrogen and oxygen atoms in total. The Bertz CT molecular complexity index is 590. The highest BCUT2D eigenvalue weighted by Gasteiger charge is 2.33. The molecule has 2 aromatic heterocycles. The first-order chi connectivity index (χ1) is 7.98. The average molecular weight is 240 g/mol. The number of hydrogen-bond acceptors (Lipinski definition) is 2. The van der Waals surface area contributed by atoms with Gasteiger partial charge in [0, 0.05) is 36.3 Å². The number of H-pyrrole nitrogens is 1. The van der Waals surface area contributed by atoms with Gasteiger partial charge in [-0.25, -0.2) is 0 Å². The summed E-state index contributed by atoms with van der Waals surface area (Å²) in [5, 5.41) is 0. The zero-order valence-electron chi connectivity index (χ0n) is 8.45. The van der Waals surface area contributed by atoms with Gasteiger partial charge in [0.15, 0.2) is 5.43 Å². The Labute approximate surface area is 94.0 Å². The van der Waals surface area contributed by atoms with E-state index in [9.17, 15) is 18.0 Å². The lowest BCUT2D eigenvalue weighted by atomic mass is 10.1. The number of halogens is 3. The van der Waals surface area contributed by atoms with Crippen molar-refractivity contribution in [1.82, 2.24) is 9.97 Å². The van der Waals surface area contributed by atoms with E-state index in [-0.39, 0.29) is 16.7 Å². The van der Waals surface area contributed by atoms with E-state index in [1.165, 1.54) is 12.3 Å². The Morgan fingerprint density at radius 2 is 2.00 bits per heavy atom. The Kier molecular flexibility index (Phi) is 2.71. The second kappa shape index (κ2) is 4.04. The average Bonchev–Trinajstić information content (AvgIpc) is 2.28. The molecule has 0 radical (unpaired) electrons. The van der Waals surface area contributed by atoms with Gasteiger partial charge in [0.2, 0.25) is 0 Å². The minimum atomic E-state index is -4.48. The second-order valence-corrected chi connectivity index (χ2v) is 3.36. The quantitative estimate of drug-likeness (QED) is 0.832. The number of aromatic nitrogens is 2. The van der Waals surface area contributed by atoms with E-state index in [0.29, 0.717) is 0 Å². The molecule has 17 heavy (non-hydrogen) atoms. The Morgan fingerprint density at radius 1 is 1.24 bits per heavy atom. The van der Waals surface area contributed by atoms with Gasteiger partial charge >= 0.3 is 6.18 Å². The molecule has 88 valence electrons. The topological polar surface area (TPSA) is 45.8 Å². The third-order valence-electron chi connectivity index (χ3n) is 2.19. The number of nitrogens with one attached hydrogen (secondary N) is 1. The predicted octanol–water partition coefficient (Wildman–Crippen LogP) is 2.46. The van der Waals surface area contributed by atoms with Gasteiger partial charge in [0.05, 0.1) is 11.3 Å². The fourth-order valence-electron chi connectivity index (χ4n) is 1.46. The molecule has 0 unspecified atom stereocenters. The maximum atomic E-state index is 12.7. The third-order valence-corrected chi connectivity index (χ3v) is 2.19. The van der Waals surface area contributed by atoms with Gasteiger partial charge in [-0.3, -0.25) is 9.78 Å². The molecule has 2 rings (SSSR count). The molecule has 2 aromatic rings. The van der Waals surface area contributed by atoms with Crippen molar-refractivity contribution in [3.63, 3.8) is 0 Å². The van der Waals surface area contributed by atoms with Crippen molar-refractivity contribution < 1.29 is 13.2 Å². The first-order valence-electron chi connectivity index (χ1n) is 4.69. The molecule has 0 aliphatic carbocycles. The number of alkyl halides is 3. The molecule has 0 aromatic carbocycles. The van der Waals surface area contributed by atoms with Crippen LogP contribution < -0.4 is 5.43 Å². The van der Waals surface area contributed by atoms with Crippen molar-refractivity contribution in [3.05, 3.63) is 52.6 Å². The van der Waals surface area contributed by atoms with Crippen LogP contribution in [0.5, 0.6) is 0 Å². The van der Waals surface area contributed by atoms with E-state index < -0.39 is 11.7 Å². The zero-order chi connectivity index (χ0) is 12.5. The van der Waals surface area contributed by atoms with E-state index in [1.807, 2.05) is 0 Å². The summed E-state index contributed by atoms with van der Waals surface area (Å²) >= 11 is 0. The maximum absolute atomic E-state index is 12.7. The van der Waals surface area contributed by atoms with E-state index in [1.54, 1.807) is 0 Å². The minimum absolute atomic E-state index is 0.0953. The Balaban J connectivity index is 2.64. The van der Waals surface area contributed by atoms with Gasteiger partial charge in [0.1, 0.15) is 0 Å². The summed E-state index contributed by atoms with van der Waals surface area (Å²) < 4.78 is 38.1. The number of rotatable bonds is 1. The van der Waals surface area contributed by atoms with Crippen molar-refractivity contribution in [3.8, 4) is 11.3 Å². The van der Waals surface area contributed by atoms with E-state index in [0.717, 1.165) is 24.5 Å². The lowest BCUT2D eigenvalue weighted by Crippen LogP contribution is -2.09. The normalized spacial score (nSPS) is 11.5. The van der Waals surface area contributed by atoms with Crippen LogP contribution in [0.2, 0.25) is 0 Å². The largest absolute Gasteiger partial charge is 0.417 e. The predicted molar refractivity (Wildman–Crippen MR) is 55.3 cm³/mol. The molecule has 0 saturated carbocycles. The lowest BCUT2D eigenvalue weighted by Gasteiger charge is -2.11. The van der Waals surface area contributed by atoms with E-state index in [4.69, 9.17) is 0 Å². The van der Waals surface area contributed by atoms with Crippen molar-refractivity contribution >= 4 is 0 Å². The molecule has 2 heterocycles. The summed E-state index contributed by atoms with van der Waals surface area (Å²) in [5.74, 6) is 0. The van der Waals surface area contributed by atoms with Crippen LogP contribution in [0.1, 0.15) is 5.56 Å². The first-order valence-corrected chi connectivity index (χ1v) is 4.69. The van der Waals surface area contributed by atoms with Crippen LogP contribution in [0.15, 0.2) is 41.6 Å². The van der Waals surface area contributed by atoms with Gasteiger partial charge in [0.25, 0.3) is 0 Å². The van der Waals surface area contributed by atoms with Gasteiger partial charge in [-0.2, -0.15) is 13.2 Å². The minimum Gasteiger partial charge on any atom is -0.361 e. The van der Waals surface area contributed by atoms with Crippen LogP contribution >= 0.6 is 0 Å². The Morgan fingerprint density at radius 3 is 2.65 bits per heavy atom. The van der Waals surface area contributed by atoms with Gasteiger partial charge in [-0.05, 0) is 6.07 Å². The molecular formula is C11H7F3N2O. The highest BCUT2D eigenvalue weighted by molar-refractivity contribution is 5.62. The van der Waals surface area contributed by atoms with Crippen LogP contribution in [0.3, 0.4) is 0 Å².